The van der Waals surface area contributed by atoms with Crippen LogP contribution in [0, 0.1) is 23.7 Å². The van der Waals surface area contributed by atoms with Gasteiger partial charge in [-0.1, -0.05) is 12.1 Å². The predicted octanol–water partition coefficient (Wildman–Crippen LogP) is -0.131. The minimum absolute atomic E-state index is 0.132. The van der Waals surface area contributed by atoms with Crippen LogP contribution >= 0.6 is 0 Å². The van der Waals surface area contributed by atoms with Crippen LogP contribution in [-0.2, 0) is 9.59 Å². The number of aromatic hydroxyl groups is 1. The van der Waals surface area contributed by atoms with Crippen LogP contribution in [0.1, 0.15) is 6.42 Å². The summed E-state index contributed by atoms with van der Waals surface area (Å²) in [4.78, 5) is 26.2. The maximum Gasteiger partial charge on any atom is 0.238 e. The number of hydrogen-bond donors (Lipinski definition) is 3. The van der Waals surface area contributed by atoms with Gasteiger partial charge in [0, 0.05) is 11.8 Å². The topological polar surface area (TPSA) is 98.1 Å². The average Bonchev–Trinajstić information content (AvgIpc) is 3.06. The summed E-state index contributed by atoms with van der Waals surface area (Å²) in [6.07, 6.45) is -1.39. The summed E-state index contributed by atoms with van der Waals surface area (Å²) in [6, 6.07) is 6.19. The Hall–Kier alpha value is -1.92. The Morgan fingerprint density at radius 3 is 2.00 bits per heavy atom. The lowest BCUT2D eigenvalue weighted by molar-refractivity contribution is -0.129. The number of fused-ring (bicyclic) bond motifs is 5. The van der Waals surface area contributed by atoms with E-state index in [0.717, 1.165) is 4.90 Å². The van der Waals surface area contributed by atoms with Crippen molar-refractivity contribution < 1.29 is 24.9 Å². The standard InChI is InChI=1S/C15H15NO5/c17-9-4-2-1-3-8(9)16-14(20)10-6-5-7(11(10)15(16)21)13(19)12(6)18/h1-4,6-7,10-13,17-19H,5H2/t6-,7+,10-,11-,12-,13+/m0/s1. The van der Waals surface area contributed by atoms with Crippen molar-refractivity contribution in [3.05, 3.63) is 24.3 Å². The van der Waals surface area contributed by atoms with Crippen molar-refractivity contribution in [2.75, 3.05) is 4.90 Å². The molecule has 2 amide bonds. The number of phenolic OH excluding ortho intramolecular Hbond substituents is 1. The van der Waals surface area contributed by atoms with Gasteiger partial charge >= 0.3 is 0 Å². The molecule has 1 aromatic rings. The Bertz CT molecular complexity index is 613. The number of phenols is 1. The predicted molar refractivity (Wildman–Crippen MR) is 71.2 cm³/mol. The molecule has 1 aliphatic heterocycles. The Balaban J connectivity index is 1.77. The summed E-state index contributed by atoms with van der Waals surface area (Å²) in [6.45, 7) is 0. The molecule has 0 spiro atoms. The molecule has 1 heterocycles. The number of aliphatic hydroxyl groups is 2. The van der Waals surface area contributed by atoms with Crippen LogP contribution in [0.2, 0.25) is 0 Å². The first-order chi connectivity index (χ1) is 10.0. The molecular weight excluding hydrogens is 274 g/mol. The summed E-state index contributed by atoms with van der Waals surface area (Å²) in [5, 5.41) is 29.8. The molecule has 2 saturated carbocycles. The molecule has 3 N–H and O–H groups in total. The average molecular weight is 289 g/mol. The first kappa shape index (κ1) is 12.8. The van der Waals surface area contributed by atoms with Gasteiger partial charge in [0.1, 0.15) is 5.75 Å². The minimum atomic E-state index is -0.947. The number of carbonyl (C=O) groups is 2. The summed E-state index contributed by atoms with van der Waals surface area (Å²) < 4.78 is 0. The minimum Gasteiger partial charge on any atom is -0.506 e. The third-order valence-corrected chi connectivity index (χ3v) is 5.21. The van der Waals surface area contributed by atoms with E-state index in [0.29, 0.717) is 6.42 Å². The summed E-state index contributed by atoms with van der Waals surface area (Å²) in [5.74, 6) is -2.81. The molecule has 3 aliphatic rings. The molecule has 0 unspecified atom stereocenters. The maximum atomic E-state index is 12.6. The second kappa shape index (κ2) is 4.05. The van der Waals surface area contributed by atoms with Crippen LogP contribution in [-0.4, -0.2) is 39.3 Å². The molecule has 6 nitrogen and oxygen atoms in total. The highest BCUT2D eigenvalue weighted by Gasteiger charge is 2.67. The lowest BCUT2D eigenvalue weighted by atomic mass is 9.78. The van der Waals surface area contributed by atoms with Crippen molar-refractivity contribution in [1.82, 2.24) is 0 Å². The molecule has 6 heteroatoms. The van der Waals surface area contributed by atoms with E-state index < -0.39 is 24.0 Å². The van der Waals surface area contributed by atoms with E-state index in [2.05, 4.69) is 0 Å². The van der Waals surface area contributed by atoms with E-state index in [1.54, 1.807) is 12.1 Å². The van der Waals surface area contributed by atoms with Gasteiger partial charge in [-0.15, -0.1) is 0 Å². The van der Waals surface area contributed by atoms with Crippen molar-refractivity contribution in [3.8, 4) is 5.75 Å². The smallest absolute Gasteiger partial charge is 0.238 e. The van der Waals surface area contributed by atoms with Crippen LogP contribution in [0.4, 0.5) is 5.69 Å². The molecule has 2 aliphatic carbocycles. The van der Waals surface area contributed by atoms with E-state index in [1.807, 2.05) is 0 Å². The molecule has 2 bridgehead atoms. The van der Waals surface area contributed by atoms with Gasteiger partial charge in [0.15, 0.2) is 0 Å². The summed E-state index contributed by atoms with van der Waals surface area (Å²) in [7, 11) is 0. The molecule has 3 fully saturated rings. The number of hydrogen-bond acceptors (Lipinski definition) is 5. The molecular formula is C15H15NO5. The highest BCUT2D eigenvalue weighted by atomic mass is 16.3. The quantitative estimate of drug-likeness (QED) is 0.626. The number of benzene rings is 1. The third kappa shape index (κ3) is 1.43. The number of carbonyl (C=O) groups excluding carboxylic acids is 2. The van der Waals surface area contributed by atoms with Crippen molar-refractivity contribution in [2.24, 2.45) is 23.7 Å². The number of rotatable bonds is 1. The van der Waals surface area contributed by atoms with Gasteiger partial charge in [0.05, 0.1) is 29.7 Å². The SMILES string of the molecule is O=C1[C@H]2[C@@H]3C[C@@H]([C@@H](O)[C@H]3O)[C@@H]2C(=O)N1c1ccccc1O. The van der Waals surface area contributed by atoms with Gasteiger partial charge < -0.3 is 15.3 Å². The van der Waals surface area contributed by atoms with Gasteiger partial charge in [-0.3, -0.25) is 9.59 Å². The Kier molecular flexibility index (Phi) is 2.47. The Morgan fingerprint density at radius 2 is 1.48 bits per heavy atom. The number of nitrogens with zero attached hydrogens (tertiary/aromatic N) is 1. The van der Waals surface area contributed by atoms with Crippen LogP contribution in [0.15, 0.2) is 24.3 Å². The number of imide groups is 1. The first-order valence-electron chi connectivity index (χ1n) is 7.04. The fraction of sp³-hybridized carbons (Fsp3) is 0.467. The highest BCUT2D eigenvalue weighted by molar-refractivity contribution is 6.23. The van der Waals surface area contributed by atoms with Crippen molar-refractivity contribution in [1.29, 1.82) is 0 Å². The van der Waals surface area contributed by atoms with Gasteiger partial charge in [-0.2, -0.15) is 0 Å². The largest absolute Gasteiger partial charge is 0.506 e. The molecule has 0 aromatic heterocycles. The second-order valence-corrected chi connectivity index (χ2v) is 6.10. The van der Waals surface area contributed by atoms with Crippen LogP contribution in [0.5, 0.6) is 5.75 Å². The van der Waals surface area contributed by atoms with Crippen LogP contribution in [0.3, 0.4) is 0 Å². The van der Waals surface area contributed by atoms with Gasteiger partial charge in [-0.05, 0) is 18.6 Å². The van der Waals surface area contributed by atoms with E-state index >= 15 is 0 Å². The van der Waals surface area contributed by atoms with Gasteiger partial charge in [-0.25, -0.2) is 4.90 Å². The molecule has 1 aromatic carbocycles. The molecule has 21 heavy (non-hydrogen) atoms. The normalized spacial score (nSPS) is 41.0. The second-order valence-electron chi connectivity index (χ2n) is 6.10. The van der Waals surface area contributed by atoms with Gasteiger partial charge in [0.2, 0.25) is 11.8 Å². The molecule has 110 valence electrons. The zero-order valence-electron chi connectivity index (χ0n) is 11.1. The number of amides is 2. The Labute approximate surface area is 120 Å². The molecule has 0 radical (unpaired) electrons. The third-order valence-electron chi connectivity index (χ3n) is 5.21. The monoisotopic (exact) mass is 289 g/mol. The molecule has 1 saturated heterocycles. The van der Waals surface area contributed by atoms with Crippen LogP contribution in [0.25, 0.3) is 0 Å². The van der Waals surface area contributed by atoms with Crippen molar-refractivity contribution in [3.63, 3.8) is 0 Å². The summed E-state index contributed by atoms with van der Waals surface area (Å²) in [5.41, 5.74) is 0.172. The fourth-order valence-electron chi connectivity index (χ4n) is 4.32. The van der Waals surface area contributed by atoms with Crippen LogP contribution < -0.4 is 4.90 Å². The molecule has 4 rings (SSSR count). The maximum absolute atomic E-state index is 12.6. The lowest BCUT2D eigenvalue weighted by Gasteiger charge is -2.29. The Morgan fingerprint density at radius 1 is 0.952 bits per heavy atom. The zero-order valence-corrected chi connectivity index (χ0v) is 11.1. The number of para-hydroxylation sites is 2. The van der Waals surface area contributed by atoms with E-state index in [4.69, 9.17) is 0 Å². The first-order valence-corrected chi connectivity index (χ1v) is 7.04. The van der Waals surface area contributed by atoms with E-state index in [1.165, 1.54) is 12.1 Å². The van der Waals surface area contributed by atoms with Crippen molar-refractivity contribution in [2.45, 2.75) is 18.6 Å². The zero-order chi connectivity index (χ0) is 14.9. The van der Waals surface area contributed by atoms with E-state index in [-0.39, 0.29) is 35.1 Å². The number of aliphatic hydroxyl groups excluding tert-OH is 2. The molecule has 6 atom stereocenters. The lowest BCUT2D eigenvalue weighted by Crippen LogP contribution is -2.43. The highest BCUT2D eigenvalue weighted by Crippen LogP contribution is 2.57. The van der Waals surface area contributed by atoms with E-state index in [9.17, 15) is 24.9 Å². The fourth-order valence-corrected chi connectivity index (χ4v) is 4.32. The van der Waals surface area contributed by atoms with Crippen molar-refractivity contribution >= 4 is 17.5 Å². The number of anilines is 1. The van der Waals surface area contributed by atoms with Gasteiger partial charge in [0.25, 0.3) is 0 Å². The summed E-state index contributed by atoms with van der Waals surface area (Å²) >= 11 is 0.